The summed E-state index contributed by atoms with van der Waals surface area (Å²) in [7, 11) is 2.51. The molecule has 2 N–H and O–H groups in total. The van der Waals surface area contributed by atoms with E-state index in [-0.39, 0.29) is 11.0 Å². The molecule has 0 saturated heterocycles. The van der Waals surface area contributed by atoms with Crippen LogP contribution in [0.1, 0.15) is 19.9 Å². The summed E-state index contributed by atoms with van der Waals surface area (Å²) in [4.78, 5) is 38.4. The Kier molecular flexibility index (Phi) is 5.77. The molecule has 0 bridgehead atoms. The zero-order valence-electron chi connectivity index (χ0n) is 12.2. The summed E-state index contributed by atoms with van der Waals surface area (Å²) in [6.45, 7) is 3.15. The van der Waals surface area contributed by atoms with Crippen molar-refractivity contribution in [3.63, 3.8) is 0 Å². The Labute approximate surface area is 125 Å². The quantitative estimate of drug-likeness (QED) is 0.466. The Bertz CT molecular complexity index is 601. The molecule has 2 atom stereocenters. The van der Waals surface area contributed by atoms with Gasteiger partial charge < -0.3 is 15.2 Å². The van der Waals surface area contributed by atoms with Gasteiger partial charge in [0.1, 0.15) is 17.1 Å². The van der Waals surface area contributed by atoms with E-state index in [1.807, 2.05) is 0 Å². The maximum Gasteiger partial charge on any atom is 0.328 e. The predicted octanol–water partition coefficient (Wildman–Crippen LogP) is 0.213. The number of nitrogens with zero attached hydrogens (tertiary/aromatic N) is 2. The molecule has 1 rings (SSSR count). The molecule has 0 amide bonds. The van der Waals surface area contributed by atoms with Crippen LogP contribution < -0.4 is 11.3 Å². The number of nitrogens with two attached hydrogens (primary N) is 1. The van der Waals surface area contributed by atoms with Crippen LogP contribution in [-0.4, -0.2) is 41.0 Å². The third-order valence-corrected chi connectivity index (χ3v) is 3.75. The minimum Gasteiger partial charge on any atom is -0.468 e. The number of rotatable bonds is 5. The first-order chi connectivity index (χ1) is 9.81. The van der Waals surface area contributed by atoms with Crippen molar-refractivity contribution in [2.45, 2.75) is 30.3 Å². The van der Waals surface area contributed by atoms with E-state index in [1.54, 1.807) is 13.8 Å². The van der Waals surface area contributed by atoms with Gasteiger partial charge in [-0.2, -0.15) is 4.98 Å². The van der Waals surface area contributed by atoms with Crippen LogP contribution in [0.2, 0.25) is 0 Å². The number of methoxy groups -OCH3 is 2. The van der Waals surface area contributed by atoms with Crippen molar-refractivity contribution in [2.24, 2.45) is 0 Å². The van der Waals surface area contributed by atoms with Gasteiger partial charge in [-0.15, -0.1) is 0 Å². The highest BCUT2D eigenvalue weighted by atomic mass is 32.2. The highest BCUT2D eigenvalue weighted by molar-refractivity contribution is 8.00. The summed E-state index contributed by atoms with van der Waals surface area (Å²) >= 11 is 0.977. The predicted molar refractivity (Wildman–Crippen MR) is 77.0 cm³/mol. The van der Waals surface area contributed by atoms with Gasteiger partial charge in [0, 0.05) is 6.07 Å². The Balaban J connectivity index is 3.27. The lowest BCUT2D eigenvalue weighted by molar-refractivity contribution is -0.144. The number of hydrogen-bond donors (Lipinski definition) is 1. The molecule has 1 aromatic heterocycles. The van der Waals surface area contributed by atoms with E-state index >= 15 is 0 Å². The first kappa shape index (κ1) is 17.0. The van der Waals surface area contributed by atoms with Crippen molar-refractivity contribution in [3.05, 3.63) is 16.4 Å². The highest BCUT2D eigenvalue weighted by Gasteiger charge is 2.24. The van der Waals surface area contributed by atoms with Crippen LogP contribution in [0.15, 0.2) is 16.0 Å². The Morgan fingerprint density at radius 3 is 2.38 bits per heavy atom. The fraction of sp³-hybridized carbons (Fsp3) is 0.500. The number of hydrogen-bond acceptors (Lipinski definition) is 8. The summed E-state index contributed by atoms with van der Waals surface area (Å²) in [5.41, 5.74) is 5.23. The van der Waals surface area contributed by atoms with E-state index in [0.29, 0.717) is 0 Å². The molecule has 0 radical (unpaired) electrons. The zero-order chi connectivity index (χ0) is 16.2. The van der Waals surface area contributed by atoms with Crippen molar-refractivity contribution in [2.75, 3.05) is 20.0 Å². The van der Waals surface area contributed by atoms with E-state index in [0.717, 1.165) is 17.8 Å². The van der Waals surface area contributed by atoms with E-state index in [1.165, 1.54) is 18.8 Å². The zero-order valence-corrected chi connectivity index (χ0v) is 13.0. The van der Waals surface area contributed by atoms with Crippen LogP contribution in [0.3, 0.4) is 0 Å². The minimum atomic E-state index is -0.782. The average molecular weight is 315 g/mol. The van der Waals surface area contributed by atoms with Crippen molar-refractivity contribution in [3.8, 4) is 0 Å². The van der Waals surface area contributed by atoms with Gasteiger partial charge in [0.05, 0.1) is 14.2 Å². The second-order valence-corrected chi connectivity index (χ2v) is 5.46. The first-order valence-corrected chi connectivity index (χ1v) is 6.91. The lowest BCUT2D eigenvalue weighted by Crippen LogP contribution is -2.27. The first-order valence-electron chi connectivity index (χ1n) is 6.03. The molecular formula is C12H17N3O5S. The van der Waals surface area contributed by atoms with Gasteiger partial charge in [0.2, 0.25) is 0 Å². The molecule has 0 aliphatic rings. The number of aromatic nitrogens is 2. The molecule has 0 fully saturated rings. The maximum atomic E-state index is 11.7. The van der Waals surface area contributed by atoms with Crippen LogP contribution in [0.5, 0.6) is 0 Å². The summed E-state index contributed by atoms with van der Waals surface area (Å²) in [6, 6.07) is 0.321. The van der Waals surface area contributed by atoms with Crippen LogP contribution in [0.4, 0.5) is 5.82 Å². The van der Waals surface area contributed by atoms with Crippen LogP contribution >= 0.6 is 11.8 Å². The number of thioether (sulfide) groups is 1. The van der Waals surface area contributed by atoms with E-state index in [2.05, 4.69) is 14.5 Å². The second-order valence-electron chi connectivity index (χ2n) is 4.15. The monoisotopic (exact) mass is 315 g/mol. The molecule has 8 nitrogen and oxygen atoms in total. The fourth-order valence-corrected chi connectivity index (χ4v) is 2.64. The van der Waals surface area contributed by atoms with E-state index < -0.39 is 28.8 Å². The molecule has 0 aliphatic carbocycles. The van der Waals surface area contributed by atoms with Crippen molar-refractivity contribution < 1.29 is 19.1 Å². The van der Waals surface area contributed by atoms with Crippen molar-refractivity contribution in [1.82, 2.24) is 9.55 Å². The number of esters is 2. The smallest absolute Gasteiger partial charge is 0.328 e. The van der Waals surface area contributed by atoms with Crippen molar-refractivity contribution in [1.29, 1.82) is 0 Å². The largest absolute Gasteiger partial charge is 0.468 e. The highest BCUT2D eigenvalue weighted by Crippen LogP contribution is 2.26. The lowest BCUT2D eigenvalue weighted by Gasteiger charge is -2.20. The molecule has 21 heavy (non-hydrogen) atoms. The number of ether oxygens (including phenoxy) is 2. The number of nitrogen functional groups attached to an aromatic ring is 1. The van der Waals surface area contributed by atoms with Crippen LogP contribution in [0, 0.1) is 0 Å². The second kappa shape index (κ2) is 7.11. The molecule has 2 unspecified atom stereocenters. The van der Waals surface area contributed by atoms with Gasteiger partial charge in [0.15, 0.2) is 5.16 Å². The third-order valence-electron chi connectivity index (χ3n) is 2.71. The summed E-state index contributed by atoms with van der Waals surface area (Å²) in [5, 5.41) is -0.462. The van der Waals surface area contributed by atoms with Gasteiger partial charge in [0.25, 0.3) is 5.56 Å². The number of carbonyl (C=O) groups excluding carboxylic acids is 2. The van der Waals surface area contributed by atoms with Gasteiger partial charge >= 0.3 is 11.9 Å². The molecule has 0 saturated carbocycles. The average Bonchev–Trinajstić information content (AvgIpc) is 2.44. The molecule has 0 aromatic carbocycles. The van der Waals surface area contributed by atoms with Crippen molar-refractivity contribution >= 4 is 29.5 Å². The number of anilines is 1. The van der Waals surface area contributed by atoms with Gasteiger partial charge in [-0.05, 0) is 13.8 Å². The summed E-state index contributed by atoms with van der Waals surface area (Å²) in [6.07, 6.45) is 0. The normalized spacial score (nSPS) is 13.3. The Morgan fingerprint density at radius 2 is 1.86 bits per heavy atom. The molecule has 116 valence electrons. The molecule has 0 aliphatic heterocycles. The molecule has 1 aromatic rings. The molecule has 1 heterocycles. The topological polar surface area (TPSA) is 114 Å². The van der Waals surface area contributed by atoms with Gasteiger partial charge in [-0.3, -0.25) is 14.2 Å². The fourth-order valence-electron chi connectivity index (χ4n) is 1.61. The van der Waals surface area contributed by atoms with E-state index in [9.17, 15) is 14.4 Å². The summed E-state index contributed by atoms with van der Waals surface area (Å²) < 4.78 is 10.6. The van der Waals surface area contributed by atoms with Gasteiger partial charge in [-0.1, -0.05) is 11.8 Å². The Hall–Kier alpha value is -2.03. The lowest BCUT2D eigenvalue weighted by atomic mass is 10.3. The molecule has 9 heteroatoms. The van der Waals surface area contributed by atoms with Crippen LogP contribution in [-0.2, 0) is 19.1 Å². The molecular weight excluding hydrogens is 298 g/mol. The Morgan fingerprint density at radius 1 is 1.29 bits per heavy atom. The van der Waals surface area contributed by atoms with Gasteiger partial charge in [-0.25, -0.2) is 4.79 Å². The SMILES string of the molecule is COC(=O)C(C)Sc1nc(=O)cc(N)n1C(C)C(=O)OC. The third kappa shape index (κ3) is 3.97. The summed E-state index contributed by atoms with van der Waals surface area (Å²) in [5.74, 6) is -0.957. The standard InChI is InChI=1S/C12H17N3O5S/c1-6(10(17)19-3)15-8(13)5-9(16)14-12(15)21-7(2)11(18)20-4/h5-7H,13H2,1-4H3. The number of carbonyl (C=O) groups is 2. The van der Waals surface area contributed by atoms with E-state index in [4.69, 9.17) is 5.73 Å². The van der Waals surface area contributed by atoms with Crippen LogP contribution in [0.25, 0.3) is 0 Å². The maximum absolute atomic E-state index is 11.7. The minimum absolute atomic E-state index is 0.0625. The molecule has 0 spiro atoms.